The van der Waals surface area contributed by atoms with Gasteiger partial charge in [-0.15, -0.1) is 24.0 Å². The van der Waals surface area contributed by atoms with Gasteiger partial charge < -0.3 is 15.5 Å². The summed E-state index contributed by atoms with van der Waals surface area (Å²) in [4.78, 5) is 18.5. The van der Waals surface area contributed by atoms with Crippen LogP contribution < -0.4 is 10.6 Å². The van der Waals surface area contributed by atoms with E-state index in [9.17, 15) is 4.79 Å². The van der Waals surface area contributed by atoms with Crippen LogP contribution in [-0.2, 0) is 4.79 Å². The minimum absolute atomic E-state index is 0. The van der Waals surface area contributed by atoms with Gasteiger partial charge in [-0.2, -0.15) is 0 Å². The molecule has 1 amide bonds. The molecule has 0 bridgehead atoms. The molecule has 1 spiro atoms. The third-order valence-electron chi connectivity index (χ3n) is 4.95. The minimum Gasteiger partial charge on any atom is -0.356 e. The Kier molecular flexibility index (Phi) is 8.64. The molecule has 2 rings (SSSR count). The summed E-state index contributed by atoms with van der Waals surface area (Å²) in [5.41, 5.74) is 0.533. The van der Waals surface area contributed by atoms with E-state index in [0.29, 0.717) is 18.4 Å². The van der Waals surface area contributed by atoms with Crippen LogP contribution in [0.5, 0.6) is 0 Å². The number of hydrogen-bond acceptors (Lipinski definition) is 2. The number of nitrogens with one attached hydrogen (secondary N) is 2. The number of hydrogen-bond donors (Lipinski definition) is 2. The summed E-state index contributed by atoms with van der Waals surface area (Å²) in [5.74, 6) is 1.06. The predicted octanol–water partition coefficient (Wildman–Crippen LogP) is 2.75. The zero-order valence-corrected chi connectivity index (χ0v) is 17.2. The molecule has 0 radical (unpaired) electrons. The monoisotopic (exact) mass is 436 g/mol. The van der Waals surface area contributed by atoms with Crippen LogP contribution in [0.15, 0.2) is 4.99 Å². The van der Waals surface area contributed by atoms with Crippen molar-refractivity contribution in [2.24, 2.45) is 10.4 Å². The van der Waals surface area contributed by atoms with Gasteiger partial charge in [0, 0.05) is 39.1 Å². The Morgan fingerprint density at radius 2 is 1.91 bits per heavy atom. The van der Waals surface area contributed by atoms with Gasteiger partial charge in [0.2, 0.25) is 5.91 Å². The number of carbonyl (C=O) groups is 1. The fraction of sp³-hybridized carbons (Fsp3) is 0.882. The van der Waals surface area contributed by atoms with E-state index in [2.05, 4.69) is 20.5 Å². The highest BCUT2D eigenvalue weighted by Crippen LogP contribution is 2.43. The first-order valence-electron chi connectivity index (χ1n) is 8.80. The third kappa shape index (κ3) is 6.12. The normalized spacial score (nSPS) is 20.5. The first-order chi connectivity index (χ1) is 10.5. The van der Waals surface area contributed by atoms with Crippen LogP contribution >= 0.6 is 24.0 Å². The molecule has 0 aromatic heterocycles. The van der Waals surface area contributed by atoms with Gasteiger partial charge in [0.05, 0.1) is 0 Å². The number of amides is 1. The number of rotatable bonds is 4. The van der Waals surface area contributed by atoms with Crippen molar-refractivity contribution in [1.82, 2.24) is 15.5 Å². The second-order valence-electron chi connectivity index (χ2n) is 7.18. The molecule has 0 unspecified atom stereocenters. The molecule has 2 aliphatic rings. The molecule has 0 aromatic rings. The Morgan fingerprint density at radius 1 is 1.22 bits per heavy atom. The Hall–Kier alpha value is -0.530. The van der Waals surface area contributed by atoms with Gasteiger partial charge >= 0.3 is 0 Å². The number of guanidine groups is 1. The minimum atomic E-state index is 0. The van der Waals surface area contributed by atoms with Crippen LogP contribution in [-0.4, -0.2) is 49.5 Å². The summed E-state index contributed by atoms with van der Waals surface area (Å²) in [6.07, 6.45) is 8.70. The molecule has 134 valence electrons. The van der Waals surface area contributed by atoms with Crippen molar-refractivity contribution in [2.75, 3.05) is 26.7 Å². The van der Waals surface area contributed by atoms with Gasteiger partial charge in [0.15, 0.2) is 5.96 Å². The lowest BCUT2D eigenvalue weighted by Gasteiger charge is -2.33. The summed E-state index contributed by atoms with van der Waals surface area (Å²) >= 11 is 0. The standard InChI is InChI=1S/C17H32N4O.HI/c1-14(2)20-15(22)7-11-19-16(18-3)21-12-10-17(13-21)8-5-4-6-9-17;/h14H,4-13H2,1-3H3,(H,18,19)(H,20,22);1H. The molecule has 2 N–H and O–H groups in total. The summed E-state index contributed by atoms with van der Waals surface area (Å²) in [5, 5.41) is 6.27. The molecule has 23 heavy (non-hydrogen) atoms. The highest BCUT2D eigenvalue weighted by Gasteiger charge is 2.39. The number of aliphatic imine (C=N–C) groups is 1. The molecular formula is C17H33IN4O. The van der Waals surface area contributed by atoms with Crippen LogP contribution in [0.25, 0.3) is 0 Å². The third-order valence-corrected chi connectivity index (χ3v) is 4.95. The van der Waals surface area contributed by atoms with Crippen LogP contribution in [0.4, 0.5) is 0 Å². The second kappa shape index (κ2) is 9.69. The average molecular weight is 436 g/mol. The molecule has 1 heterocycles. The number of nitrogens with zero attached hydrogens (tertiary/aromatic N) is 2. The van der Waals surface area contributed by atoms with Crippen molar-refractivity contribution in [3.63, 3.8) is 0 Å². The molecule has 1 saturated heterocycles. The number of halogens is 1. The lowest BCUT2D eigenvalue weighted by Crippen LogP contribution is -2.43. The maximum absolute atomic E-state index is 11.7. The van der Waals surface area contributed by atoms with Crippen molar-refractivity contribution in [3.05, 3.63) is 0 Å². The van der Waals surface area contributed by atoms with Crippen molar-refractivity contribution in [3.8, 4) is 0 Å². The largest absolute Gasteiger partial charge is 0.356 e. The fourth-order valence-corrected chi connectivity index (χ4v) is 3.84. The van der Waals surface area contributed by atoms with E-state index in [0.717, 1.165) is 19.0 Å². The molecule has 0 atom stereocenters. The zero-order valence-electron chi connectivity index (χ0n) is 14.9. The second-order valence-corrected chi connectivity index (χ2v) is 7.18. The summed E-state index contributed by atoms with van der Waals surface area (Å²) in [7, 11) is 1.84. The fourth-order valence-electron chi connectivity index (χ4n) is 3.84. The van der Waals surface area contributed by atoms with Gasteiger partial charge in [-0.05, 0) is 38.5 Å². The van der Waals surface area contributed by atoms with E-state index in [4.69, 9.17) is 0 Å². The molecule has 1 saturated carbocycles. The molecular weight excluding hydrogens is 403 g/mol. The van der Waals surface area contributed by atoms with Gasteiger partial charge in [-0.1, -0.05) is 19.3 Å². The smallest absolute Gasteiger partial charge is 0.221 e. The average Bonchev–Trinajstić information content (AvgIpc) is 2.87. The van der Waals surface area contributed by atoms with Crippen LogP contribution in [0.2, 0.25) is 0 Å². The Labute approximate surface area is 158 Å². The number of likely N-dealkylation sites (tertiary alicyclic amines) is 1. The molecule has 2 fully saturated rings. The maximum atomic E-state index is 11.7. The first-order valence-corrected chi connectivity index (χ1v) is 8.80. The molecule has 1 aliphatic carbocycles. The molecule has 0 aromatic carbocycles. The predicted molar refractivity (Wildman–Crippen MR) is 106 cm³/mol. The van der Waals surface area contributed by atoms with E-state index < -0.39 is 0 Å². The maximum Gasteiger partial charge on any atom is 0.221 e. The SMILES string of the molecule is CN=C(NCCC(=O)NC(C)C)N1CCC2(CCCCC2)C1.I. The quantitative estimate of drug-likeness (QED) is 0.405. The van der Waals surface area contributed by atoms with Gasteiger partial charge in [-0.3, -0.25) is 9.79 Å². The lowest BCUT2D eigenvalue weighted by atomic mass is 9.73. The van der Waals surface area contributed by atoms with E-state index in [-0.39, 0.29) is 35.9 Å². The number of carbonyl (C=O) groups excluding carboxylic acids is 1. The van der Waals surface area contributed by atoms with Gasteiger partial charge in [0.25, 0.3) is 0 Å². The lowest BCUT2D eigenvalue weighted by molar-refractivity contribution is -0.121. The van der Waals surface area contributed by atoms with Crippen LogP contribution in [0, 0.1) is 5.41 Å². The zero-order chi connectivity index (χ0) is 16.0. The highest BCUT2D eigenvalue weighted by atomic mass is 127. The van der Waals surface area contributed by atoms with Gasteiger partial charge in [0.1, 0.15) is 0 Å². The first kappa shape index (κ1) is 20.5. The van der Waals surface area contributed by atoms with E-state index in [1.54, 1.807) is 0 Å². The molecule has 1 aliphatic heterocycles. The topological polar surface area (TPSA) is 56.7 Å². The Balaban J connectivity index is 0.00000264. The van der Waals surface area contributed by atoms with Crippen molar-refractivity contribution >= 4 is 35.8 Å². The Morgan fingerprint density at radius 3 is 2.52 bits per heavy atom. The van der Waals surface area contributed by atoms with E-state index in [1.807, 2.05) is 20.9 Å². The van der Waals surface area contributed by atoms with Crippen molar-refractivity contribution in [1.29, 1.82) is 0 Å². The van der Waals surface area contributed by atoms with Crippen LogP contribution in [0.3, 0.4) is 0 Å². The summed E-state index contributed by atoms with van der Waals surface area (Å²) in [6, 6.07) is 0.205. The van der Waals surface area contributed by atoms with Gasteiger partial charge in [-0.25, -0.2) is 0 Å². The molecule has 6 heteroatoms. The van der Waals surface area contributed by atoms with Crippen molar-refractivity contribution in [2.45, 2.75) is 64.8 Å². The van der Waals surface area contributed by atoms with Crippen LogP contribution in [0.1, 0.15) is 58.8 Å². The highest BCUT2D eigenvalue weighted by molar-refractivity contribution is 14.0. The molecule has 5 nitrogen and oxygen atoms in total. The summed E-state index contributed by atoms with van der Waals surface area (Å²) < 4.78 is 0. The van der Waals surface area contributed by atoms with E-state index in [1.165, 1.54) is 38.5 Å². The summed E-state index contributed by atoms with van der Waals surface area (Å²) in [6.45, 7) is 6.84. The van der Waals surface area contributed by atoms with Crippen molar-refractivity contribution < 1.29 is 4.79 Å². The Bertz CT molecular complexity index is 405. The van der Waals surface area contributed by atoms with E-state index >= 15 is 0 Å².